The van der Waals surface area contributed by atoms with Crippen LogP contribution in [0.15, 0.2) is 28.8 Å². The molecule has 3 rings (SSSR count). The van der Waals surface area contributed by atoms with E-state index in [0.717, 1.165) is 31.5 Å². The van der Waals surface area contributed by atoms with Crippen molar-refractivity contribution in [1.82, 2.24) is 15.4 Å². The molecule has 0 unspecified atom stereocenters. The van der Waals surface area contributed by atoms with Crippen LogP contribution in [0.5, 0.6) is 0 Å². The summed E-state index contributed by atoms with van der Waals surface area (Å²) >= 11 is 0. The van der Waals surface area contributed by atoms with Gasteiger partial charge in [-0.3, -0.25) is 9.59 Å². The SMILES string of the molecule is Cc1noc(C)c1C(=O)NCc1ccc(C(=O)N2CCCCCC2)cc1. The first-order valence-electron chi connectivity index (χ1n) is 9.15. The lowest BCUT2D eigenvalue weighted by atomic mass is 10.1. The molecule has 1 aliphatic rings. The third-order valence-corrected chi connectivity index (χ3v) is 4.81. The number of aromatic nitrogens is 1. The van der Waals surface area contributed by atoms with Crippen LogP contribution in [0.4, 0.5) is 0 Å². The number of aryl methyl sites for hydroxylation is 2. The zero-order valence-corrected chi connectivity index (χ0v) is 15.4. The zero-order chi connectivity index (χ0) is 18.5. The second kappa shape index (κ2) is 8.17. The van der Waals surface area contributed by atoms with Crippen molar-refractivity contribution < 1.29 is 14.1 Å². The molecule has 6 heteroatoms. The first-order chi connectivity index (χ1) is 12.6. The number of hydrogen-bond donors (Lipinski definition) is 1. The van der Waals surface area contributed by atoms with E-state index in [1.807, 2.05) is 29.2 Å². The summed E-state index contributed by atoms with van der Waals surface area (Å²) in [6.07, 6.45) is 4.57. The number of benzene rings is 1. The van der Waals surface area contributed by atoms with Crippen LogP contribution in [0.3, 0.4) is 0 Å². The molecule has 138 valence electrons. The van der Waals surface area contributed by atoms with Gasteiger partial charge in [0.05, 0.1) is 5.69 Å². The van der Waals surface area contributed by atoms with Gasteiger partial charge in [0.2, 0.25) is 0 Å². The highest BCUT2D eigenvalue weighted by Gasteiger charge is 2.18. The van der Waals surface area contributed by atoms with Crippen LogP contribution in [0, 0.1) is 13.8 Å². The predicted octanol–water partition coefficient (Wildman–Crippen LogP) is 3.24. The van der Waals surface area contributed by atoms with Crippen molar-refractivity contribution in [1.29, 1.82) is 0 Å². The molecule has 0 spiro atoms. The number of rotatable bonds is 4. The number of hydrogen-bond acceptors (Lipinski definition) is 4. The van der Waals surface area contributed by atoms with Crippen LogP contribution >= 0.6 is 0 Å². The van der Waals surface area contributed by atoms with E-state index >= 15 is 0 Å². The van der Waals surface area contributed by atoms with Gasteiger partial charge in [0.1, 0.15) is 11.3 Å². The minimum absolute atomic E-state index is 0.0956. The fourth-order valence-electron chi connectivity index (χ4n) is 3.30. The van der Waals surface area contributed by atoms with Crippen molar-refractivity contribution in [2.75, 3.05) is 13.1 Å². The minimum atomic E-state index is -0.203. The fraction of sp³-hybridized carbons (Fsp3) is 0.450. The average Bonchev–Trinajstić information content (AvgIpc) is 2.85. The molecule has 1 aromatic carbocycles. The Hall–Kier alpha value is -2.63. The number of carbonyl (C=O) groups excluding carboxylic acids is 2. The van der Waals surface area contributed by atoms with Crippen LogP contribution in [-0.2, 0) is 6.54 Å². The van der Waals surface area contributed by atoms with Gasteiger partial charge in [-0.1, -0.05) is 30.1 Å². The second-order valence-electron chi connectivity index (χ2n) is 6.79. The van der Waals surface area contributed by atoms with Crippen LogP contribution in [0.2, 0.25) is 0 Å². The van der Waals surface area contributed by atoms with Gasteiger partial charge in [-0.25, -0.2) is 0 Å². The summed E-state index contributed by atoms with van der Waals surface area (Å²) in [6, 6.07) is 7.45. The van der Waals surface area contributed by atoms with Crippen LogP contribution in [0.1, 0.15) is 63.4 Å². The molecule has 1 aliphatic heterocycles. The van der Waals surface area contributed by atoms with E-state index in [2.05, 4.69) is 10.5 Å². The van der Waals surface area contributed by atoms with E-state index < -0.39 is 0 Å². The molecule has 0 atom stereocenters. The fourth-order valence-corrected chi connectivity index (χ4v) is 3.30. The van der Waals surface area contributed by atoms with Crippen molar-refractivity contribution in [3.63, 3.8) is 0 Å². The molecule has 2 aromatic rings. The molecule has 1 saturated heterocycles. The molecular formula is C20H25N3O3. The first-order valence-corrected chi connectivity index (χ1v) is 9.15. The van der Waals surface area contributed by atoms with Crippen molar-refractivity contribution in [2.45, 2.75) is 46.1 Å². The molecule has 0 radical (unpaired) electrons. The van der Waals surface area contributed by atoms with Gasteiger partial charge in [0, 0.05) is 25.2 Å². The van der Waals surface area contributed by atoms with Crippen LogP contribution < -0.4 is 5.32 Å². The quantitative estimate of drug-likeness (QED) is 0.913. The standard InChI is InChI=1S/C20H25N3O3/c1-14-18(15(2)26-22-14)19(24)21-13-16-7-9-17(10-8-16)20(25)23-11-5-3-4-6-12-23/h7-10H,3-6,11-13H2,1-2H3,(H,21,24). The summed E-state index contributed by atoms with van der Waals surface area (Å²) in [7, 11) is 0. The third kappa shape index (κ3) is 4.12. The van der Waals surface area contributed by atoms with Gasteiger partial charge < -0.3 is 14.7 Å². The van der Waals surface area contributed by atoms with Gasteiger partial charge in [-0.15, -0.1) is 0 Å². The van der Waals surface area contributed by atoms with Crippen molar-refractivity contribution in [3.8, 4) is 0 Å². The number of carbonyl (C=O) groups is 2. The smallest absolute Gasteiger partial charge is 0.257 e. The topological polar surface area (TPSA) is 75.4 Å². The summed E-state index contributed by atoms with van der Waals surface area (Å²) in [6.45, 7) is 5.54. The molecule has 1 aromatic heterocycles. The lowest BCUT2D eigenvalue weighted by molar-refractivity contribution is 0.0761. The average molecular weight is 355 g/mol. The maximum Gasteiger partial charge on any atom is 0.257 e. The molecule has 0 bridgehead atoms. The second-order valence-corrected chi connectivity index (χ2v) is 6.79. The molecule has 0 saturated carbocycles. The summed E-state index contributed by atoms with van der Waals surface area (Å²) in [5.41, 5.74) is 2.71. The molecule has 1 fully saturated rings. The van der Waals surface area contributed by atoms with E-state index in [4.69, 9.17) is 4.52 Å². The predicted molar refractivity (Wildman–Crippen MR) is 98.0 cm³/mol. The van der Waals surface area contributed by atoms with E-state index in [-0.39, 0.29) is 11.8 Å². The van der Waals surface area contributed by atoms with Crippen molar-refractivity contribution in [2.24, 2.45) is 0 Å². The highest BCUT2D eigenvalue weighted by molar-refractivity contribution is 5.96. The number of likely N-dealkylation sites (tertiary alicyclic amines) is 1. The Kier molecular flexibility index (Phi) is 5.71. The highest BCUT2D eigenvalue weighted by atomic mass is 16.5. The van der Waals surface area contributed by atoms with E-state index in [0.29, 0.717) is 29.1 Å². The van der Waals surface area contributed by atoms with E-state index in [9.17, 15) is 9.59 Å². The van der Waals surface area contributed by atoms with Gasteiger partial charge in [-0.2, -0.15) is 0 Å². The summed E-state index contributed by atoms with van der Waals surface area (Å²) < 4.78 is 5.02. The Bertz CT molecular complexity index is 753. The molecule has 1 N–H and O–H groups in total. The minimum Gasteiger partial charge on any atom is -0.361 e. The summed E-state index contributed by atoms with van der Waals surface area (Å²) in [5, 5.41) is 6.67. The molecule has 2 amide bonds. The van der Waals surface area contributed by atoms with Gasteiger partial charge in [0.15, 0.2) is 0 Å². The number of nitrogens with one attached hydrogen (secondary N) is 1. The van der Waals surface area contributed by atoms with Crippen molar-refractivity contribution >= 4 is 11.8 Å². The molecular weight excluding hydrogens is 330 g/mol. The third-order valence-electron chi connectivity index (χ3n) is 4.81. The maximum atomic E-state index is 12.6. The normalized spacial score (nSPS) is 14.8. The van der Waals surface area contributed by atoms with Crippen LogP contribution in [-0.4, -0.2) is 35.0 Å². The molecule has 26 heavy (non-hydrogen) atoms. The maximum absolute atomic E-state index is 12.6. The molecule has 0 aliphatic carbocycles. The first kappa shape index (κ1) is 18.2. The summed E-state index contributed by atoms with van der Waals surface area (Å²) in [4.78, 5) is 26.8. The largest absolute Gasteiger partial charge is 0.361 e. The van der Waals surface area contributed by atoms with Gasteiger partial charge >= 0.3 is 0 Å². The monoisotopic (exact) mass is 355 g/mol. The molecule has 2 heterocycles. The number of nitrogens with zero attached hydrogens (tertiary/aromatic N) is 2. The highest BCUT2D eigenvalue weighted by Crippen LogP contribution is 2.15. The van der Waals surface area contributed by atoms with Gasteiger partial charge in [-0.05, 0) is 44.4 Å². The summed E-state index contributed by atoms with van der Waals surface area (Å²) in [5.74, 6) is 0.405. The Labute approximate surface area is 153 Å². The Morgan fingerprint density at radius 3 is 2.31 bits per heavy atom. The lowest BCUT2D eigenvalue weighted by Gasteiger charge is -2.20. The zero-order valence-electron chi connectivity index (χ0n) is 15.4. The Morgan fingerprint density at radius 2 is 1.73 bits per heavy atom. The van der Waals surface area contributed by atoms with Crippen molar-refractivity contribution in [3.05, 3.63) is 52.4 Å². The van der Waals surface area contributed by atoms with Crippen LogP contribution in [0.25, 0.3) is 0 Å². The van der Waals surface area contributed by atoms with E-state index in [1.54, 1.807) is 13.8 Å². The number of amides is 2. The lowest BCUT2D eigenvalue weighted by Crippen LogP contribution is -2.31. The Balaban J connectivity index is 1.59. The van der Waals surface area contributed by atoms with Gasteiger partial charge in [0.25, 0.3) is 11.8 Å². The molecule has 6 nitrogen and oxygen atoms in total. The Morgan fingerprint density at radius 1 is 1.08 bits per heavy atom. The van der Waals surface area contributed by atoms with E-state index in [1.165, 1.54) is 12.8 Å².